The van der Waals surface area contributed by atoms with Gasteiger partial charge >= 0.3 is 0 Å². The molecule has 2 aromatic carbocycles. The van der Waals surface area contributed by atoms with Crippen LogP contribution in [0, 0.1) is 0 Å². The number of halogens is 1. The molecule has 2 aromatic rings. The van der Waals surface area contributed by atoms with Crippen LogP contribution in [0.5, 0.6) is 0 Å². The Kier molecular flexibility index (Phi) is 3.15. The van der Waals surface area contributed by atoms with E-state index in [-0.39, 0.29) is 0 Å². The van der Waals surface area contributed by atoms with Gasteiger partial charge in [0.1, 0.15) is 5.84 Å². The molecule has 0 amide bonds. The van der Waals surface area contributed by atoms with Crippen LogP contribution in [0.2, 0.25) is 0 Å². The molecule has 0 saturated heterocycles. The standard InChI is InChI=1S/C15H13BrN2/c16-14-7-5-12(6-8-14)11-1-3-13(4-2-11)15-17-9-10-18-15/h1-8H,9-10H2,(H,17,18). The number of nitrogens with one attached hydrogen (secondary N) is 1. The van der Waals surface area contributed by atoms with Gasteiger partial charge in [0.15, 0.2) is 0 Å². The van der Waals surface area contributed by atoms with Gasteiger partial charge in [-0.1, -0.05) is 52.3 Å². The number of amidine groups is 1. The fourth-order valence-electron chi connectivity index (χ4n) is 2.05. The van der Waals surface area contributed by atoms with Gasteiger partial charge in [-0.3, -0.25) is 4.99 Å². The first-order valence-corrected chi connectivity index (χ1v) is 6.77. The van der Waals surface area contributed by atoms with Crippen molar-refractivity contribution >= 4 is 21.8 Å². The Hall–Kier alpha value is -1.61. The van der Waals surface area contributed by atoms with Crippen LogP contribution in [0.3, 0.4) is 0 Å². The summed E-state index contributed by atoms with van der Waals surface area (Å²) in [6, 6.07) is 16.9. The van der Waals surface area contributed by atoms with Crippen molar-refractivity contribution in [1.82, 2.24) is 5.32 Å². The highest BCUT2D eigenvalue weighted by Crippen LogP contribution is 2.22. The van der Waals surface area contributed by atoms with Crippen molar-refractivity contribution in [2.45, 2.75) is 0 Å². The van der Waals surface area contributed by atoms with Crippen LogP contribution in [0.1, 0.15) is 5.56 Å². The number of hydrogen-bond donors (Lipinski definition) is 1. The number of nitrogens with zero attached hydrogens (tertiary/aromatic N) is 1. The van der Waals surface area contributed by atoms with Crippen molar-refractivity contribution < 1.29 is 0 Å². The van der Waals surface area contributed by atoms with E-state index in [1.807, 2.05) is 0 Å². The van der Waals surface area contributed by atoms with Crippen LogP contribution in [0.25, 0.3) is 11.1 Å². The Balaban J connectivity index is 1.88. The van der Waals surface area contributed by atoms with Gasteiger partial charge in [-0.15, -0.1) is 0 Å². The number of benzene rings is 2. The maximum Gasteiger partial charge on any atom is 0.128 e. The van der Waals surface area contributed by atoms with Gasteiger partial charge in [-0.25, -0.2) is 0 Å². The van der Waals surface area contributed by atoms with E-state index >= 15 is 0 Å². The van der Waals surface area contributed by atoms with E-state index in [0.29, 0.717) is 0 Å². The van der Waals surface area contributed by atoms with E-state index in [0.717, 1.165) is 29.0 Å². The van der Waals surface area contributed by atoms with Crippen molar-refractivity contribution in [2.75, 3.05) is 13.1 Å². The smallest absolute Gasteiger partial charge is 0.128 e. The second kappa shape index (κ2) is 4.94. The highest BCUT2D eigenvalue weighted by molar-refractivity contribution is 9.10. The molecule has 3 heteroatoms. The third-order valence-corrected chi connectivity index (χ3v) is 3.54. The Morgan fingerprint density at radius 3 is 1.94 bits per heavy atom. The molecule has 3 rings (SSSR count). The lowest BCUT2D eigenvalue weighted by atomic mass is 10.0. The van der Waals surface area contributed by atoms with Gasteiger partial charge in [-0.2, -0.15) is 0 Å². The summed E-state index contributed by atoms with van der Waals surface area (Å²) < 4.78 is 1.10. The Morgan fingerprint density at radius 1 is 0.833 bits per heavy atom. The van der Waals surface area contributed by atoms with Crippen LogP contribution >= 0.6 is 15.9 Å². The topological polar surface area (TPSA) is 24.4 Å². The van der Waals surface area contributed by atoms with Crippen LogP contribution < -0.4 is 5.32 Å². The third kappa shape index (κ3) is 2.31. The van der Waals surface area contributed by atoms with Gasteiger partial charge in [0.05, 0.1) is 6.54 Å². The molecule has 1 aliphatic heterocycles. The molecule has 1 N–H and O–H groups in total. The van der Waals surface area contributed by atoms with E-state index in [2.05, 4.69) is 74.8 Å². The molecule has 90 valence electrons. The summed E-state index contributed by atoms with van der Waals surface area (Å²) in [5.41, 5.74) is 3.62. The normalized spacial score (nSPS) is 14.2. The second-order valence-corrected chi connectivity index (χ2v) is 5.16. The zero-order valence-corrected chi connectivity index (χ0v) is 11.4. The minimum absolute atomic E-state index is 0.879. The zero-order valence-electron chi connectivity index (χ0n) is 9.86. The average Bonchev–Trinajstić information content (AvgIpc) is 2.94. The Morgan fingerprint density at radius 2 is 1.39 bits per heavy atom. The lowest BCUT2D eigenvalue weighted by Crippen LogP contribution is -2.19. The maximum atomic E-state index is 4.42. The summed E-state index contributed by atoms with van der Waals surface area (Å²) in [4.78, 5) is 4.42. The van der Waals surface area contributed by atoms with Crippen LogP contribution in [-0.2, 0) is 0 Å². The summed E-state index contributed by atoms with van der Waals surface area (Å²) >= 11 is 3.45. The highest BCUT2D eigenvalue weighted by atomic mass is 79.9. The van der Waals surface area contributed by atoms with E-state index in [4.69, 9.17) is 0 Å². The molecule has 0 fully saturated rings. The second-order valence-electron chi connectivity index (χ2n) is 4.24. The first kappa shape index (κ1) is 11.5. The molecule has 0 saturated carbocycles. The molecule has 0 spiro atoms. The number of rotatable bonds is 2. The van der Waals surface area contributed by atoms with Crippen LogP contribution in [0.4, 0.5) is 0 Å². The van der Waals surface area contributed by atoms with Gasteiger partial charge in [0.25, 0.3) is 0 Å². The predicted molar refractivity (Wildman–Crippen MR) is 79.0 cm³/mol. The first-order valence-electron chi connectivity index (χ1n) is 5.98. The SMILES string of the molecule is Brc1ccc(-c2ccc(C3=NCCN3)cc2)cc1. The van der Waals surface area contributed by atoms with Gasteiger partial charge in [0.2, 0.25) is 0 Å². The van der Waals surface area contributed by atoms with Crippen molar-refractivity contribution in [3.05, 3.63) is 58.6 Å². The molecule has 0 bridgehead atoms. The van der Waals surface area contributed by atoms with Crippen molar-refractivity contribution in [3.8, 4) is 11.1 Å². The van der Waals surface area contributed by atoms with Crippen molar-refractivity contribution in [3.63, 3.8) is 0 Å². The van der Waals surface area contributed by atoms with E-state index in [9.17, 15) is 0 Å². The zero-order chi connectivity index (χ0) is 12.4. The summed E-state index contributed by atoms with van der Waals surface area (Å²) in [7, 11) is 0. The Labute approximate surface area is 115 Å². The molecule has 0 aromatic heterocycles. The first-order chi connectivity index (χ1) is 8.83. The van der Waals surface area contributed by atoms with Gasteiger partial charge in [0, 0.05) is 16.6 Å². The molecule has 0 unspecified atom stereocenters. The molecule has 18 heavy (non-hydrogen) atoms. The van der Waals surface area contributed by atoms with Crippen molar-refractivity contribution in [2.24, 2.45) is 4.99 Å². The molecule has 0 aliphatic carbocycles. The minimum Gasteiger partial charge on any atom is -0.368 e. The predicted octanol–water partition coefficient (Wildman–Crippen LogP) is 3.47. The molecule has 2 nitrogen and oxygen atoms in total. The molecular formula is C15H13BrN2. The molecular weight excluding hydrogens is 288 g/mol. The lowest BCUT2D eigenvalue weighted by molar-refractivity contribution is 0.960. The largest absolute Gasteiger partial charge is 0.368 e. The summed E-state index contributed by atoms with van der Waals surface area (Å²) in [5, 5.41) is 3.28. The monoisotopic (exact) mass is 300 g/mol. The maximum absolute atomic E-state index is 4.42. The van der Waals surface area contributed by atoms with Crippen LogP contribution in [0.15, 0.2) is 58.0 Å². The van der Waals surface area contributed by atoms with Gasteiger partial charge in [-0.05, 0) is 23.3 Å². The summed E-state index contributed by atoms with van der Waals surface area (Å²) in [6.45, 7) is 1.83. The summed E-state index contributed by atoms with van der Waals surface area (Å²) in [6.07, 6.45) is 0. The van der Waals surface area contributed by atoms with Crippen molar-refractivity contribution in [1.29, 1.82) is 0 Å². The van der Waals surface area contributed by atoms with Gasteiger partial charge < -0.3 is 5.32 Å². The van der Waals surface area contributed by atoms with E-state index in [1.54, 1.807) is 0 Å². The van der Waals surface area contributed by atoms with E-state index < -0.39 is 0 Å². The molecule has 0 radical (unpaired) electrons. The minimum atomic E-state index is 0.879. The lowest BCUT2D eigenvalue weighted by Gasteiger charge is -2.05. The average molecular weight is 301 g/mol. The fraction of sp³-hybridized carbons (Fsp3) is 0.133. The Bertz CT molecular complexity index is 570. The van der Waals surface area contributed by atoms with Crippen LogP contribution in [-0.4, -0.2) is 18.9 Å². The summed E-state index contributed by atoms with van der Waals surface area (Å²) in [5.74, 6) is 1.01. The number of hydrogen-bond acceptors (Lipinski definition) is 2. The molecule has 1 aliphatic rings. The molecule has 0 atom stereocenters. The highest BCUT2D eigenvalue weighted by Gasteiger charge is 2.07. The number of aliphatic imine (C=N–C) groups is 1. The van der Waals surface area contributed by atoms with E-state index in [1.165, 1.54) is 11.1 Å². The quantitative estimate of drug-likeness (QED) is 0.902. The third-order valence-electron chi connectivity index (χ3n) is 3.01. The molecule has 1 heterocycles. The fourth-order valence-corrected chi connectivity index (χ4v) is 2.32.